The highest BCUT2D eigenvalue weighted by molar-refractivity contribution is 7.92. The lowest BCUT2D eigenvalue weighted by atomic mass is 9.99. The summed E-state index contributed by atoms with van der Waals surface area (Å²) in [5.41, 5.74) is 1.37. The monoisotopic (exact) mass is 593 g/mol. The molecular weight excluding hydrogens is 566 g/mol. The fourth-order valence-electron chi connectivity index (χ4n) is 4.41. The third kappa shape index (κ3) is 6.42. The van der Waals surface area contributed by atoms with Gasteiger partial charge < -0.3 is 10.4 Å². The number of aromatic hydroxyl groups is 1. The zero-order valence-corrected chi connectivity index (χ0v) is 23.3. The average molecular weight is 594 g/mol. The zero-order valence-electron chi connectivity index (χ0n) is 22.5. The van der Waals surface area contributed by atoms with Gasteiger partial charge >= 0.3 is 6.18 Å². The van der Waals surface area contributed by atoms with Gasteiger partial charge in [0.2, 0.25) is 10.0 Å². The number of hydrogen-bond donors (Lipinski definition) is 3. The minimum atomic E-state index is -4.66. The first-order chi connectivity index (χ1) is 19.1. The van der Waals surface area contributed by atoms with Gasteiger partial charge in [-0.1, -0.05) is 24.6 Å². The van der Waals surface area contributed by atoms with Gasteiger partial charge in [-0.3, -0.25) is 14.2 Å². The topological polar surface area (TPSA) is 128 Å². The normalized spacial score (nSPS) is 12.1. The number of carbonyl (C=O) groups is 1. The molecule has 0 amide bonds. The number of phenols is 1. The van der Waals surface area contributed by atoms with Crippen LogP contribution in [0.25, 0.3) is 22.2 Å². The Hall–Kier alpha value is -4.20. The first kappa shape index (κ1) is 29.8. The Balaban J connectivity index is 1.89. The van der Waals surface area contributed by atoms with Crippen molar-refractivity contribution in [2.75, 3.05) is 22.9 Å². The van der Waals surface area contributed by atoms with Crippen molar-refractivity contribution in [3.63, 3.8) is 0 Å². The van der Waals surface area contributed by atoms with Gasteiger partial charge in [-0.05, 0) is 42.3 Å². The molecule has 0 aliphatic rings. The van der Waals surface area contributed by atoms with E-state index in [9.17, 15) is 35.9 Å². The number of rotatable bonds is 9. The summed E-state index contributed by atoms with van der Waals surface area (Å²) in [6.07, 6.45) is -4.94. The second kappa shape index (κ2) is 11.0. The van der Waals surface area contributed by atoms with Crippen molar-refractivity contribution in [2.45, 2.75) is 39.4 Å². The molecule has 0 fully saturated rings. The molecule has 0 atom stereocenters. The molecule has 2 aromatic carbocycles. The molecule has 2 aromatic heterocycles. The van der Waals surface area contributed by atoms with Gasteiger partial charge in [-0.2, -0.15) is 18.3 Å². The molecular formula is C27H27F4N5O4S. The van der Waals surface area contributed by atoms with E-state index in [0.29, 0.717) is 17.3 Å². The molecule has 4 aromatic rings. The minimum absolute atomic E-state index is 0.00666. The van der Waals surface area contributed by atoms with Crippen molar-refractivity contribution < 1.29 is 35.9 Å². The Kier molecular flexibility index (Phi) is 7.98. The van der Waals surface area contributed by atoms with Crippen LogP contribution >= 0.6 is 0 Å². The van der Waals surface area contributed by atoms with E-state index in [1.807, 2.05) is 6.92 Å². The standard InChI is InChI=1S/C27H27F4N5O4S/c1-5-22(37)25-24-20(34-35-25)11-19(17-10-18(28)23(38)9-15(17)12-27(29,30)31)33-26(24)32-13-16-8-14(2)6-7-21(16)36(3)41(4,39)40/h6-11,38H,5,12-13H2,1-4H3,(H,32,33)(H,34,35). The summed E-state index contributed by atoms with van der Waals surface area (Å²) in [5, 5.41) is 19.9. The van der Waals surface area contributed by atoms with Gasteiger partial charge in [0.05, 0.1) is 35.0 Å². The molecule has 0 aliphatic carbocycles. The first-order valence-electron chi connectivity index (χ1n) is 12.4. The Labute approximate surface area is 233 Å². The van der Waals surface area contributed by atoms with E-state index in [4.69, 9.17) is 0 Å². The smallest absolute Gasteiger partial charge is 0.393 e. The van der Waals surface area contributed by atoms with Gasteiger partial charge in [0.1, 0.15) is 11.5 Å². The quantitative estimate of drug-likeness (QED) is 0.173. The number of nitrogens with one attached hydrogen (secondary N) is 2. The summed E-state index contributed by atoms with van der Waals surface area (Å²) in [5.74, 6) is -2.34. The summed E-state index contributed by atoms with van der Waals surface area (Å²) in [4.78, 5) is 17.1. The molecule has 0 unspecified atom stereocenters. The number of Topliss-reactive ketones (excluding diaryl/α,β-unsaturated/α-hetero) is 1. The molecule has 0 bridgehead atoms. The van der Waals surface area contributed by atoms with Crippen molar-refractivity contribution >= 4 is 38.2 Å². The van der Waals surface area contributed by atoms with Crippen molar-refractivity contribution in [2.24, 2.45) is 0 Å². The molecule has 0 radical (unpaired) electrons. The predicted octanol–water partition coefficient (Wildman–Crippen LogP) is 5.48. The third-order valence-electron chi connectivity index (χ3n) is 6.49. The molecule has 14 heteroatoms. The fraction of sp³-hybridized carbons (Fsp3) is 0.296. The largest absolute Gasteiger partial charge is 0.505 e. The van der Waals surface area contributed by atoms with Crippen molar-refractivity contribution in [1.29, 1.82) is 0 Å². The number of aromatic nitrogens is 3. The van der Waals surface area contributed by atoms with Crippen LogP contribution in [0.5, 0.6) is 5.75 Å². The third-order valence-corrected chi connectivity index (χ3v) is 7.68. The molecule has 218 valence electrons. The van der Waals surface area contributed by atoms with Gasteiger partial charge in [0, 0.05) is 25.6 Å². The van der Waals surface area contributed by atoms with Crippen LogP contribution in [0.15, 0.2) is 36.4 Å². The number of phenolic OH excluding ortho intramolecular Hbond substituents is 1. The predicted molar refractivity (Wildman–Crippen MR) is 147 cm³/mol. The molecule has 4 rings (SSSR count). The summed E-state index contributed by atoms with van der Waals surface area (Å²) in [7, 11) is -2.21. The molecule has 41 heavy (non-hydrogen) atoms. The van der Waals surface area contributed by atoms with E-state index >= 15 is 0 Å². The molecule has 9 nitrogen and oxygen atoms in total. The van der Waals surface area contributed by atoms with Crippen LogP contribution in [0, 0.1) is 12.7 Å². The number of alkyl halides is 3. The van der Waals surface area contributed by atoms with Crippen molar-refractivity contribution in [3.8, 4) is 17.0 Å². The van der Waals surface area contributed by atoms with Crippen LogP contribution in [-0.2, 0) is 23.0 Å². The SMILES string of the molecule is CCC(=O)c1n[nH]c2cc(-c3cc(F)c(O)cc3CC(F)(F)F)nc(NCc3cc(C)ccc3N(C)S(C)(=O)=O)c12. The van der Waals surface area contributed by atoms with Crippen LogP contribution in [0.1, 0.15) is 40.5 Å². The maximum Gasteiger partial charge on any atom is 0.393 e. The van der Waals surface area contributed by atoms with Gasteiger partial charge in [0.25, 0.3) is 0 Å². The Bertz CT molecular complexity index is 1750. The fourth-order valence-corrected chi connectivity index (χ4v) is 4.94. The summed E-state index contributed by atoms with van der Waals surface area (Å²) >= 11 is 0. The van der Waals surface area contributed by atoms with Crippen molar-refractivity contribution in [3.05, 3.63) is 64.6 Å². The lowest BCUT2D eigenvalue weighted by molar-refractivity contribution is -0.127. The van der Waals surface area contributed by atoms with E-state index in [1.54, 1.807) is 25.1 Å². The van der Waals surface area contributed by atoms with Crippen LogP contribution in [-0.4, -0.2) is 54.0 Å². The maximum atomic E-state index is 14.4. The van der Waals surface area contributed by atoms with Crippen LogP contribution in [0.4, 0.5) is 29.1 Å². The van der Waals surface area contributed by atoms with E-state index in [-0.39, 0.29) is 52.4 Å². The Morgan fingerprint density at radius 1 is 1.15 bits per heavy atom. The number of aryl methyl sites for hydroxylation is 1. The number of anilines is 2. The number of ketones is 1. The molecule has 3 N–H and O–H groups in total. The van der Waals surface area contributed by atoms with E-state index in [1.165, 1.54) is 13.1 Å². The number of benzene rings is 2. The summed E-state index contributed by atoms with van der Waals surface area (Å²) in [6.45, 7) is 3.47. The lowest BCUT2D eigenvalue weighted by Crippen LogP contribution is -2.26. The molecule has 0 saturated heterocycles. The van der Waals surface area contributed by atoms with Gasteiger partial charge in [-0.25, -0.2) is 17.8 Å². The first-order valence-corrected chi connectivity index (χ1v) is 14.2. The van der Waals surface area contributed by atoms with Crippen LogP contribution in [0.2, 0.25) is 0 Å². The zero-order chi connectivity index (χ0) is 30.3. The number of fused-ring (bicyclic) bond motifs is 1. The number of hydrogen-bond acceptors (Lipinski definition) is 7. The summed E-state index contributed by atoms with van der Waals surface area (Å²) in [6, 6.07) is 7.96. The maximum absolute atomic E-state index is 14.4. The number of nitrogens with zero attached hydrogens (tertiary/aromatic N) is 3. The van der Waals surface area contributed by atoms with E-state index in [0.717, 1.165) is 22.2 Å². The Morgan fingerprint density at radius 2 is 1.85 bits per heavy atom. The number of sulfonamides is 1. The molecule has 0 spiro atoms. The molecule has 0 saturated carbocycles. The van der Waals surface area contributed by atoms with E-state index < -0.39 is 39.8 Å². The number of carbonyl (C=O) groups excluding carboxylic acids is 1. The van der Waals surface area contributed by atoms with Crippen molar-refractivity contribution in [1.82, 2.24) is 15.2 Å². The molecule has 0 aliphatic heterocycles. The van der Waals surface area contributed by atoms with Crippen LogP contribution in [0.3, 0.4) is 0 Å². The number of H-pyrrole nitrogens is 1. The number of aromatic amines is 1. The second-order valence-electron chi connectivity index (χ2n) is 9.60. The summed E-state index contributed by atoms with van der Waals surface area (Å²) < 4.78 is 80.0. The number of pyridine rings is 1. The van der Waals surface area contributed by atoms with Gasteiger partial charge in [-0.15, -0.1) is 0 Å². The van der Waals surface area contributed by atoms with Crippen LogP contribution < -0.4 is 9.62 Å². The highest BCUT2D eigenvalue weighted by atomic mass is 32.2. The van der Waals surface area contributed by atoms with E-state index in [2.05, 4.69) is 20.5 Å². The highest BCUT2D eigenvalue weighted by Crippen LogP contribution is 2.36. The molecule has 2 heterocycles. The number of halogens is 4. The minimum Gasteiger partial charge on any atom is -0.505 e. The highest BCUT2D eigenvalue weighted by Gasteiger charge is 2.31. The lowest BCUT2D eigenvalue weighted by Gasteiger charge is -2.21. The Morgan fingerprint density at radius 3 is 2.49 bits per heavy atom. The van der Waals surface area contributed by atoms with Gasteiger partial charge in [0.15, 0.2) is 17.3 Å². The average Bonchev–Trinajstić information content (AvgIpc) is 3.31. The second-order valence-corrected chi connectivity index (χ2v) is 11.6.